The van der Waals surface area contributed by atoms with Crippen LogP contribution in [-0.2, 0) is 38.0 Å². The van der Waals surface area contributed by atoms with E-state index in [2.05, 4.69) is 40.7 Å². The van der Waals surface area contributed by atoms with Gasteiger partial charge in [-0.25, -0.2) is 4.79 Å². The molecule has 7 fully saturated rings. The Morgan fingerprint density at radius 2 is 1.34 bits per heavy atom. The Labute approximate surface area is 392 Å². The van der Waals surface area contributed by atoms with Gasteiger partial charge in [0.05, 0.1) is 44.2 Å². The van der Waals surface area contributed by atoms with E-state index < -0.39 is 128 Å². The van der Waals surface area contributed by atoms with Crippen molar-refractivity contribution >= 4 is 5.97 Å². The molecule has 0 aromatic carbocycles. The van der Waals surface area contributed by atoms with E-state index in [9.17, 15) is 61.0 Å². The predicted molar refractivity (Wildman–Crippen MR) is 232 cm³/mol. The number of allylic oxidation sites excluding steroid dienone is 1. The van der Waals surface area contributed by atoms with E-state index in [-0.39, 0.29) is 46.0 Å². The summed E-state index contributed by atoms with van der Waals surface area (Å²) in [4.78, 5) is 13.1. The predicted octanol–water partition coefficient (Wildman–Crippen LogP) is -0.482. The van der Waals surface area contributed by atoms with Crippen LogP contribution in [0.5, 0.6) is 0 Å². The summed E-state index contributed by atoms with van der Waals surface area (Å²) in [5, 5.41) is 122. The van der Waals surface area contributed by atoms with E-state index in [4.69, 9.17) is 33.2 Å². The van der Waals surface area contributed by atoms with Crippen LogP contribution in [0.15, 0.2) is 11.6 Å². The standard InChI is InChI=1S/C48H78O19/c1-21-29(52)31(54)35(58)40(62-21)66-37-32(55)30(53)24(19-49)63-41(37)67-38-34(57)33(56)36(39(59)61-8)65-42(38)64-28-12-13-44(4)25(45(28,5)20-50)11-14-47(7)26(44)10-9-22-23-17-43(2,3)18-27(51)48(23,60)16-15-46(22,47)6/h9,21,23-38,40-42,49-58,60H,10-20H2,1-8H3. The number of methoxy groups -OCH3 is 1. The van der Waals surface area contributed by atoms with Crippen molar-refractivity contribution < 1.29 is 94.1 Å². The lowest BCUT2D eigenvalue weighted by molar-refractivity contribution is -0.396. The van der Waals surface area contributed by atoms with Crippen LogP contribution in [-0.4, -0.2) is 192 Å². The molecule has 0 bridgehead atoms. The Kier molecular flexibility index (Phi) is 14.1. The van der Waals surface area contributed by atoms with Gasteiger partial charge in [0.2, 0.25) is 0 Å². The van der Waals surface area contributed by atoms with E-state index in [1.807, 2.05) is 6.92 Å². The molecule has 0 spiro atoms. The Morgan fingerprint density at radius 1 is 0.701 bits per heavy atom. The van der Waals surface area contributed by atoms with Gasteiger partial charge in [0.1, 0.15) is 61.0 Å². The molecule has 19 nitrogen and oxygen atoms in total. The molecule has 5 aliphatic carbocycles. The van der Waals surface area contributed by atoms with Gasteiger partial charge in [-0.15, -0.1) is 0 Å². The van der Waals surface area contributed by atoms with Gasteiger partial charge in [0, 0.05) is 11.3 Å². The van der Waals surface area contributed by atoms with E-state index in [1.54, 1.807) is 0 Å². The number of aliphatic hydroxyl groups is 11. The van der Waals surface area contributed by atoms with Crippen LogP contribution >= 0.6 is 0 Å². The van der Waals surface area contributed by atoms with Crippen LogP contribution in [0.1, 0.15) is 106 Å². The third-order valence-corrected chi connectivity index (χ3v) is 19.2. The SMILES string of the molecule is COC(=O)C1OC(OC2CCC3(C)C(CCC4(C)C3CC=C3C5CC(C)(C)CC(O)C5(O)CCC34C)C2(C)CO)C(OC2OC(CO)C(O)C(O)C2OC2OC(C)C(O)C(O)C2O)C(O)C1O. The van der Waals surface area contributed by atoms with Crippen LogP contribution in [0.25, 0.3) is 0 Å². The number of aliphatic hydroxyl groups excluding tert-OH is 10. The van der Waals surface area contributed by atoms with Gasteiger partial charge in [-0.05, 0) is 98.2 Å². The van der Waals surface area contributed by atoms with Crippen molar-refractivity contribution in [1.82, 2.24) is 0 Å². The molecule has 8 rings (SSSR count). The zero-order chi connectivity index (χ0) is 49.1. The maximum atomic E-state index is 13.1. The van der Waals surface area contributed by atoms with Crippen LogP contribution < -0.4 is 0 Å². The second-order valence-corrected chi connectivity index (χ2v) is 23.3. The number of hydrogen-bond acceptors (Lipinski definition) is 19. The molecule has 8 aliphatic rings. The van der Waals surface area contributed by atoms with Gasteiger partial charge < -0.3 is 89.3 Å². The molecule has 25 unspecified atom stereocenters. The van der Waals surface area contributed by atoms with Crippen molar-refractivity contribution in [2.75, 3.05) is 20.3 Å². The average Bonchev–Trinajstić information content (AvgIpc) is 3.28. The summed E-state index contributed by atoms with van der Waals surface area (Å²) in [6.45, 7) is 13.6. The first-order valence-corrected chi connectivity index (χ1v) is 24.4. The highest BCUT2D eigenvalue weighted by molar-refractivity contribution is 5.75. The number of fused-ring (bicyclic) bond motifs is 7. The van der Waals surface area contributed by atoms with Gasteiger partial charge in [-0.3, -0.25) is 0 Å². The topological polar surface area (TPSA) is 304 Å². The normalized spacial score (nSPS) is 55.2. The highest BCUT2D eigenvalue weighted by Crippen LogP contribution is 2.75. The van der Waals surface area contributed by atoms with Crippen LogP contribution in [0.4, 0.5) is 0 Å². The molecule has 0 amide bonds. The van der Waals surface area contributed by atoms with Crippen molar-refractivity contribution in [3.63, 3.8) is 0 Å². The molecule has 0 radical (unpaired) electrons. The quantitative estimate of drug-likeness (QED) is 0.0790. The zero-order valence-electron chi connectivity index (χ0n) is 40.1. The fourth-order valence-electron chi connectivity index (χ4n) is 15.0. The van der Waals surface area contributed by atoms with E-state index in [0.29, 0.717) is 25.7 Å². The molecule has 3 aliphatic heterocycles. The lowest BCUT2D eigenvalue weighted by atomic mass is 9.34. The maximum Gasteiger partial charge on any atom is 0.337 e. The van der Waals surface area contributed by atoms with Gasteiger partial charge in [0.15, 0.2) is 25.0 Å². The third kappa shape index (κ3) is 8.10. The van der Waals surface area contributed by atoms with Crippen molar-refractivity contribution in [2.24, 2.45) is 44.8 Å². The van der Waals surface area contributed by atoms with Gasteiger partial charge in [0.25, 0.3) is 0 Å². The Morgan fingerprint density at radius 3 is 1.99 bits per heavy atom. The molecule has 0 aromatic heterocycles. The summed E-state index contributed by atoms with van der Waals surface area (Å²) in [7, 11) is 1.08. The van der Waals surface area contributed by atoms with E-state index >= 15 is 0 Å². The van der Waals surface area contributed by atoms with Gasteiger partial charge in [-0.1, -0.05) is 53.2 Å². The molecule has 67 heavy (non-hydrogen) atoms. The van der Waals surface area contributed by atoms with Gasteiger partial charge >= 0.3 is 5.97 Å². The molecule has 384 valence electrons. The van der Waals surface area contributed by atoms with Gasteiger partial charge in [-0.2, -0.15) is 0 Å². The fraction of sp³-hybridized carbons (Fsp3) is 0.938. The summed E-state index contributed by atoms with van der Waals surface area (Å²) >= 11 is 0. The fourth-order valence-corrected chi connectivity index (χ4v) is 15.0. The first-order valence-electron chi connectivity index (χ1n) is 24.4. The Bertz CT molecular complexity index is 1840. The molecule has 11 N–H and O–H groups in total. The molecular weight excluding hydrogens is 881 g/mol. The largest absolute Gasteiger partial charge is 0.467 e. The second-order valence-electron chi connectivity index (χ2n) is 23.3. The van der Waals surface area contributed by atoms with Crippen LogP contribution in [0.2, 0.25) is 0 Å². The lowest BCUT2D eigenvalue weighted by Crippen LogP contribution is -2.69. The number of rotatable bonds is 9. The maximum absolute atomic E-state index is 13.1. The molecule has 19 heteroatoms. The minimum absolute atomic E-state index is 0.106. The summed E-state index contributed by atoms with van der Waals surface area (Å²) in [5.41, 5.74) is -1.74. The molecule has 0 aromatic rings. The first kappa shape index (κ1) is 51.9. The number of carbonyl (C=O) groups excluding carboxylic acids is 1. The molecule has 4 saturated carbocycles. The highest BCUT2D eigenvalue weighted by Gasteiger charge is 2.70. The van der Waals surface area contributed by atoms with Crippen molar-refractivity contribution in [1.29, 1.82) is 0 Å². The Balaban J connectivity index is 1.08. The number of carbonyl (C=O) groups is 1. The average molecular weight is 959 g/mol. The smallest absolute Gasteiger partial charge is 0.337 e. The van der Waals surface area contributed by atoms with E-state index in [0.717, 1.165) is 39.2 Å². The van der Waals surface area contributed by atoms with E-state index in [1.165, 1.54) is 12.5 Å². The summed E-state index contributed by atoms with van der Waals surface area (Å²) in [5.74, 6) is -1.11. The number of hydrogen-bond donors (Lipinski definition) is 11. The summed E-state index contributed by atoms with van der Waals surface area (Å²) in [6.07, 6.45) is -19.0. The lowest BCUT2D eigenvalue weighted by Gasteiger charge is -2.71. The summed E-state index contributed by atoms with van der Waals surface area (Å²) < 4.78 is 41.5. The summed E-state index contributed by atoms with van der Waals surface area (Å²) in [6, 6.07) is 0. The highest BCUT2D eigenvalue weighted by atomic mass is 16.8. The van der Waals surface area contributed by atoms with Crippen LogP contribution in [0.3, 0.4) is 0 Å². The third-order valence-electron chi connectivity index (χ3n) is 19.2. The minimum Gasteiger partial charge on any atom is -0.467 e. The van der Waals surface area contributed by atoms with Crippen LogP contribution in [0, 0.1) is 44.8 Å². The number of esters is 1. The second kappa shape index (κ2) is 18.2. The Hall–Kier alpha value is -1.47. The van der Waals surface area contributed by atoms with Crippen molar-refractivity contribution in [2.45, 2.75) is 216 Å². The van der Waals surface area contributed by atoms with Crippen molar-refractivity contribution in [3.8, 4) is 0 Å². The zero-order valence-corrected chi connectivity index (χ0v) is 40.1. The molecule has 3 heterocycles. The first-order chi connectivity index (χ1) is 31.3. The monoisotopic (exact) mass is 959 g/mol. The molecular formula is C48H78O19. The minimum atomic E-state index is -1.96. The number of ether oxygens (including phenoxy) is 7. The molecule has 25 atom stereocenters. The molecule has 3 saturated heterocycles. The van der Waals surface area contributed by atoms with Crippen molar-refractivity contribution in [3.05, 3.63) is 11.6 Å².